The van der Waals surface area contributed by atoms with Crippen molar-refractivity contribution in [3.05, 3.63) is 0 Å². The summed E-state index contributed by atoms with van der Waals surface area (Å²) in [5.74, 6) is -0.0655. The number of ether oxygens (including phenoxy) is 1. The van der Waals surface area contributed by atoms with E-state index in [0.717, 1.165) is 31.6 Å². The van der Waals surface area contributed by atoms with E-state index in [2.05, 4.69) is 5.32 Å². The molecule has 0 bridgehead atoms. The maximum Gasteiger partial charge on any atom is 0.326 e. The second-order valence-electron chi connectivity index (χ2n) is 4.75. The number of carboxylic acids is 1. The average Bonchev–Trinajstić information content (AvgIpc) is 2.39. The lowest BCUT2D eigenvalue weighted by Crippen LogP contribution is -2.41. The van der Waals surface area contributed by atoms with Gasteiger partial charge < -0.3 is 15.2 Å². The maximum atomic E-state index is 11.6. The number of carbonyl (C=O) groups is 2. The molecule has 2 atom stereocenters. The molecule has 1 saturated heterocycles. The van der Waals surface area contributed by atoms with Crippen molar-refractivity contribution in [2.45, 2.75) is 51.2 Å². The van der Waals surface area contributed by atoms with Crippen molar-refractivity contribution >= 4 is 23.6 Å². The molecule has 1 heterocycles. The average molecular weight is 289 g/mol. The predicted molar refractivity (Wildman–Crippen MR) is 75.4 cm³/mol. The number of amides is 1. The number of carbonyl (C=O) groups excluding carboxylic acids is 1. The largest absolute Gasteiger partial charge is 0.480 e. The van der Waals surface area contributed by atoms with Crippen molar-refractivity contribution < 1.29 is 19.4 Å². The zero-order chi connectivity index (χ0) is 14.1. The molecule has 0 radical (unpaired) electrons. The van der Waals surface area contributed by atoms with Crippen molar-refractivity contribution in [3.63, 3.8) is 0 Å². The second kappa shape index (κ2) is 9.20. The van der Waals surface area contributed by atoms with Gasteiger partial charge in [0.2, 0.25) is 5.91 Å². The topological polar surface area (TPSA) is 75.6 Å². The minimum absolute atomic E-state index is 0.207. The lowest BCUT2D eigenvalue weighted by molar-refractivity contribution is -0.141. The van der Waals surface area contributed by atoms with Gasteiger partial charge in [0, 0.05) is 12.4 Å². The van der Waals surface area contributed by atoms with Gasteiger partial charge in [-0.15, -0.1) is 11.8 Å². The monoisotopic (exact) mass is 289 g/mol. The Kier molecular flexibility index (Phi) is 7.90. The lowest BCUT2D eigenvalue weighted by atomic mass is 10.1. The number of hydrogen-bond donors (Lipinski definition) is 2. The Morgan fingerprint density at radius 3 is 2.84 bits per heavy atom. The van der Waals surface area contributed by atoms with Crippen LogP contribution in [0, 0.1) is 0 Å². The van der Waals surface area contributed by atoms with Crippen LogP contribution >= 0.6 is 11.8 Å². The third-order valence-corrected chi connectivity index (χ3v) is 4.10. The highest BCUT2D eigenvalue weighted by Crippen LogP contribution is 2.17. The molecule has 0 aromatic heterocycles. The molecule has 1 fully saturated rings. The van der Waals surface area contributed by atoms with Crippen LogP contribution in [0.3, 0.4) is 0 Å². The van der Waals surface area contributed by atoms with Gasteiger partial charge in [-0.3, -0.25) is 4.79 Å². The van der Waals surface area contributed by atoms with Crippen LogP contribution in [-0.2, 0) is 14.3 Å². The minimum Gasteiger partial charge on any atom is -0.480 e. The first-order chi connectivity index (χ1) is 9.13. The van der Waals surface area contributed by atoms with Crippen molar-refractivity contribution in [3.8, 4) is 0 Å². The lowest BCUT2D eigenvalue weighted by Gasteiger charge is -2.22. The van der Waals surface area contributed by atoms with E-state index >= 15 is 0 Å². The van der Waals surface area contributed by atoms with Gasteiger partial charge in [0.15, 0.2) is 0 Å². The fraction of sp³-hybridized carbons (Fsp3) is 0.846. The summed E-state index contributed by atoms with van der Waals surface area (Å²) in [6.07, 6.45) is 4.82. The van der Waals surface area contributed by atoms with Gasteiger partial charge in [0.05, 0.1) is 11.9 Å². The van der Waals surface area contributed by atoms with Crippen LogP contribution in [-0.4, -0.2) is 47.2 Å². The summed E-state index contributed by atoms with van der Waals surface area (Å²) in [5, 5.41) is 11.5. The molecule has 1 aliphatic heterocycles. The van der Waals surface area contributed by atoms with E-state index in [4.69, 9.17) is 9.84 Å². The molecule has 0 saturated carbocycles. The van der Waals surface area contributed by atoms with Crippen molar-refractivity contribution in [2.24, 2.45) is 0 Å². The van der Waals surface area contributed by atoms with Gasteiger partial charge in [-0.2, -0.15) is 0 Å². The van der Waals surface area contributed by atoms with Crippen LogP contribution in [0.5, 0.6) is 0 Å². The number of aliphatic carboxylic acids is 1. The fourth-order valence-electron chi connectivity index (χ4n) is 2.00. The summed E-state index contributed by atoms with van der Waals surface area (Å²) in [6, 6.07) is -0.760. The molecule has 0 aromatic carbocycles. The Balaban J connectivity index is 2.17. The summed E-state index contributed by atoms with van der Waals surface area (Å²) in [6.45, 7) is 2.71. The zero-order valence-corrected chi connectivity index (χ0v) is 12.2. The fourth-order valence-corrected chi connectivity index (χ4v) is 2.92. The highest BCUT2D eigenvalue weighted by atomic mass is 32.2. The number of carboxylic acid groups (broad SMARTS) is 1. The predicted octanol–water partition coefficient (Wildman–Crippen LogP) is 1.66. The summed E-state index contributed by atoms with van der Waals surface area (Å²) < 4.78 is 5.57. The summed E-state index contributed by atoms with van der Waals surface area (Å²) in [7, 11) is 0. The smallest absolute Gasteiger partial charge is 0.326 e. The molecule has 2 unspecified atom stereocenters. The normalized spacial score (nSPS) is 20.8. The molecule has 0 spiro atoms. The molecule has 110 valence electrons. The first-order valence-electron chi connectivity index (χ1n) is 6.85. The Hall–Kier alpha value is -0.750. The first kappa shape index (κ1) is 16.3. The second-order valence-corrected chi connectivity index (χ2v) is 5.78. The van der Waals surface area contributed by atoms with E-state index in [-0.39, 0.29) is 12.0 Å². The molecule has 5 nitrogen and oxygen atoms in total. The minimum atomic E-state index is -0.962. The van der Waals surface area contributed by atoms with Gasteiger partial charge >= 0.3 is 5.97 Å². The van der Waals surface area contributed by atoms with Gasteiger partial charge in [0.1, 0.15) is 6.04 Å². The van der Waals surface area contributed by atoms with Gasteiger partial charge in [-0.1, -0.05) is 13.3 Å². The van der Waals surface area contributed by atoms with Crippen LogP contribution in [0.4, 0.5) is 0 Å². The van der Waals surface area contributed by atoms with Crippen molar-refractivity contribution in [1.29, 1.82) is 0 Å². The SMILES string of the molecule is CCCC(NC(=O)CSCC1CCCCO1)C(=O)O. The number of nitrogens with one attached hydrogen (secondary N) is 1. The Labute approximate surface area is 118 Å². The zero-order valence-electron chi connectivity index (χ0n) is 11.4. The molecule has 0 aromatic rings. The van der Waals surface area contributed by atoms with Crippen LogP contribution in [0.2, 0.25) is 0 Å². The van der Waals surface area contributed by atoms with E-state index in [1.807, 2.05) is 6.92 Å². The van der Waals surface area contributed by atoms with E-state index in [1.165, 1.54) is 18.2 Å². The van der Waals surface area contributed by atoms with E-state index in [0.29, 0.717) is 12.2 Å². The van der Waals surface area contributed by atoms with Gasteiger partial charge in [0.25, 0.3) is 0 Å². The highest BCUT2D eigenvalue weighted by Gasteiger charge is 2.19. The molecular weight excluding hydrogens is 266 g/mol. The van der Waals surface area contributed by atoms with Crippen molar-refractivity contribution in [2.75, 3.05) is 18.1 Å². The number of hydrogen-bond acceptors (Lipinski definition) is 4. The number of thioether (sulfide) groups is 1. The third kappa shape index (κ3) is 6.82. The molecule has 1 rings (SSSR count). The Morgan fingerprint density at radius 1 is 1.47 bits per heavy atom. The third-order valence-electron chi connectivity index (χ3n) is 3.02. The molecule has 1 aliphatic rings. The molecule has 2 N–H and O–H groups in total. The maximum absolute atomic E-state index is 11.6. The molecular formula is C13H23NO4S. The van der Waals surface area contributed by atoms with Gasteiger partial charge in [-0.05, 0) is 25.7 Å². The molecule has 19 heavy (non-hydrogen) atoms. The van der Waals surface area contributed by atoms with Gasteiger partial charge in [-0.25, -0.2) is 4.79 Å². The van der Waals surface area contributed by atoms with Crippen LogP contribution in [0.25, 0.3) is 0 Å². The first-order valence-corrected chi connectivity index (χ1v) is 8.00. The van der Waals surface area contributed by atoms with Crippen LogP contribution < -0.4 is 5.32 Å². The standard InChI is InChI=1S/C13H23NO4S/c1-2-5-11(13(16)17)14-12(15)9-19-8-10-6-3-4-7-18-10/h10-11H,2-9H2,1H3,(H,14,15)(H,16,17). The molecule has 0 aliphatic carbocycles. The Morgan fingerprint density at radius 2 is 2.26 bits per heavy atom. The highest BCUT2D eigenvalue weighted by molar-refractivity contribution is 7.99. The number of rotatable bonds is 8. The van der Waals surface area contributed by atoms with E-state index in [1.54, 1.807) is 0 Å². The summed E-state index contributed by atoms with van der Waals surface area (Å²) in [4.78, 5) is 22.5. The van der Waals surface area contributed by atoms with Crippen molar-refractivity contribution in [1.82, 2.24) is 5.32 Å². The quantitative estimate of drug-likeness (QED) is 0.711. The molecule has 1 amide bonds. The van der Waals surface area contributed by atoms with E-state index < -0.39 is 12.0 Å². The Bertz CT molecular complexity index is 292. The van der Waals surface area contributed by atoms with Crippen LogP contribution in [0.1, 0.15) is 39.0 Å². The van der Waals surface area contributed by atoms with Crippen LogP contribution in [0.15, 0.2) is 0 Å². The molecule has 6 heteroatoms. The summed E-state index contributed by atoms with van der Waals surface area (Å²) in [5.41, 5.74) is 0. The van der Waals surface area contributed by atoms with E-state index in [9.17, 15) is 9.59 Å². The summed E-state index contributed by atoms with van der Waals surface area (Å²) >= 11 is 1.51.